The molecule has 1 aromatic carbocycles. The summed E-state index contributed by atoms with van der Waals surface area (Å²) in [5.41, 5.74) is 9.96. The highest BCUT2D eigenvalue weighted by atomic mass is 32.1. The Labute approximate surface area is 127 Å². The molecule has 3 rings (SSSR count). The van der Waals surface area contributed by atoms with Crippen LogP contribution in [0.2, 0.25) is 0 Å². The van der Waals surface area contributed by atoms with Crippen molar-refractivity contribution in [1.82, 2.24) is 9.97 Å². The summed E-state index contributed by atoms with van der Waals surface area (Å²) in [5, 5.41) is 0.985. The Hall–Kier alpha value is -2.14. The lowest BCUT2D eigenvalue weighted by molar-refractivity contribution is 0.465. The number of ether oxygens (including phenoxy) is 1. The van der Waals surface area contributed by atoms with Gasteiger partial charge < -0.3 is 10.5 Å². The van der Waals surface area contributed by atoms with E-state index in [1.165, 1.54) is 10.4 Å². The van der Waals surface area contributed by atoms with E-state index in [-0.39, 0.29) is 0 Å². The Bertz CT molecular complexity index is 839. The van der Waals surface area contributed by atoms with E-state index in [1.54, 1.807) is 17.7 Å². The van der Waals surface area contributed by atoms with Crippen LogP contribution >= 0.6 is 11.3 Å². The minimum absolute atomic E-state index is 0.591. The number of nitrogen functional groups attached to an aromatic ring is 1. The number of hydrogen-bond donors (Lipinski definition) is 1. The summed E-state index contributed by atoms with van der Waals surface area (Å²) in [4.78, 5) is 10.8. The van der Waals surface area contributed by atoms with Crippen molar-refractivity contribution < 1.29 is 4.74 Å². The van der Waals surface area contributed by atoms with E-state index in [1.807, 2.05) is 26.0 Å². The zero-order valence-electron chi connectivity index (χ0n) is 12.5. The molecule has 0 atom stereocenters. The summed E-state index contributed by atoms with van der Waals surface area (Å²) in [6.07, 6.45) is 1.54. The highest BCUT2D eigenvalue weighted by Gasteiger charge is 2.14. The van der Waals surface area contributed by atoms with Crippen molar-refractivity contribution in [3.63, 3.8) is 0 Å². The third kappa shape index (κ3) is 2.34. The van der Waals surface area contributed by atoms with Crippen LogP contribution in [0.1, 0.15) is 21.6 Å². The highest BCUT2D eigenvalue weighted by molar-refractivity contribution is 7.18. The summed E-state index contributed by atoms with van der Waals surface area (Å²) in [6.45, 7) is 8.15. The fourth-order valence-corrected chi connectivity index (χ4v) is 3.28. The first-order valence-electron chi connectivity index (χ1n) is 6.72. The second kappa shape index (κ2) is 5.00. The smallest absolute Gasteiger partial charge is 0.231 e. The first kappa shape index (κ1) is 13.8. The van der Waals surface area contributed by atoms with Crippen molar-refractivity contribution in [1.29, 1.82) is 0 Å². The molecule has 0 aliphatic carbocycles. The molecule has 0 amide bonds. The topological polar surface area (TPSA) is 61.0 Å². The largest absolute Gasteiger partial charge is 0.438 e. The van der Waals surface area contributed by atoms with Gasteiger partial charge in [0.1, 0.15) is 16.9 Å². The lowest BCUT2D eigenvalue weighted by atomic mass is 10.1. The van der Waals surface area contributed by atoms with E-state index in [0.717, 1.165) is 32.8 Å². The van der Waals surface area contributed by atoms with Crippen LogP contribution in [0.4, 0.5) is 5.69 Å². The van der Waals surface area contributed by atoms with Gasteiger partial charge in [-0.25, -0.2) is 9.97 Å². The van der Waals surface area contributed by atoms with Gasteiger partial charge >= 0.3 is 0 Å². The molecule has 0 fully saturated rings. The normalized spacial score (nSPS) is 11.0. The molecule has 0 saturated heterocycles. The molecule has 0 bridgehead atoms. The van der Waals surface area contributed by atoms with Crippen molar-refractivity contribution in [3.05, 3.63) is 40.0 Å². The molecule has 0 saturated carbocycles. The van der Waals surface area contributed by atoms with Gasteiger partial charge in [0.2, 0.25) is 5.88 Å². The van der Waals surface area contributed by atoms with Crippen molar-refractivity contribution in [3.8, 4) is 11.6 Å². The summed E-state index contributed by atoms with van der Waals surface area (Å²) in [7, 11) is 0. The Morgan fingerprint density at radius 3 is 2.57 bits per heavy atom. The first-order chi connectivity index (χ1) is 9.97. The summed E-state index contributed by atoms with van der Waals surface area (Å²) in [5.74, 6) is 1.33. The van der Waals surface area contributed by atoms with Crippen LogP contribution in [0.5, 0.6) is 11.6 Å². The highest BCUT2D eigenvalue weighted by Crippen LogP contribution is 2.37. The van der Waals surface area contributed by atoms with Gasteiger partial charge in [-0.3, -0.25) is 0 Å². The summed E-state index contributed by atoms with van der Waals surface area (Å²) in [6, 6.07) is 3.88. The standard InChI is InChI=1S/C16H17N3OS/c1-8-5-9(2)13(6-12(8)17)20-15-14-10(3)11(4)21-16(14)19-7-18-15/h5-7H,17H2,1-4H3. The molecule has 108 valence electrons. The lowest BCUT2D eigenvalue weighted by Gasteiger charge is -2.11. The second-order valence-electron chi connectivity index (χ2n) is 5.22. The van der Waals surface area contributed by atoms with Crippen LogP contribution in [-0.2, 0) is 0 Å². The summed E-state index contributed by atoms with van der Waals surface area (Å²) >= 11 is 1.66. The zero-order valence-corrected chi connectivity index (χ0v) is 13.3. The number of fused-ring (bicyclic) bond motifs is 1. The van der Waals surface area contributed by atoms with E-state index in [9.17, 15) is 0 Å². The maximum absolute atomic E-state index is 6.03. The SMILES string of the molecule is Cc1cc(C)c(Oc2ncnc3sc(C)c(C)c23)cc1N. The van der Waals surface area contributed by atoms with E-state index < -0.39 is 0 Å². The van der Waals surface area contributed by atoms with Gasteiger partial charge in [-0.1, -0.05) is 6.07 Å². The van der Waals surface area contributed by atoms with Crippen molar-refractivity contribution in [2.75, 3.05) is 5.73 Å². The van der Waals surface area contributed by atoms with E-state index in [0.29, 0.717) is 5.88 Å². The molecule has 5 heteroatoms. The number of nitrogens with two attached hydrogens (primary N) is 1. The third-order valence-electron chi connectivity index (χ3n) is 3.70. The number of benzene rings is 1. The Balaban J connectivity index is 2.12. The van der Waals surface area contributed by atoms with Crippen molar-refractivity contribution in [2.24, 2.45) is 0 Å². The van der Waals surface area contributed by atoms with Crippen LogP contribution in [0.15, 0.2) is 18.5 Å². The molecule has 3 aromatic rings. The Morgan fingerprint density at radius 1 is 1.05 bits per heavy atom. The average Bonchev–Trinajstić information content (AvgIpc) is 2.72. The van der Waals surface area contributed by atoms with Gasteiger partial charge in [-0.2, -0.15) is 0 Å². The number of rotatable bonds is 2. The maximum atomic E-state index is 6.03. The average molecular weight is 299 g/mol. The van der Waals surface area contributed by atoms with Crippen LogP contribution < -0.4 is 10.5 Å². The lowest BCUT2D eigenvalue weighted by Crippen LogP contribution is -1.96. The second-order valence-corrected chi connectivity index (χ2v) is 6.42. The predicted molar refractivity (Wildman–Crippen MR) is 87.3 cm³/mol. The fraction of sp³-hybridized carbons (Fsp3) is 0.250. The number of anilines is 1. The number of aromatic nitrogens is 2. The molecule has 2 N–H and O–H groups in total. The minimum Gasteiger partial charge on any atom is -0.438 e. The Morgan fingerprint density at radius 2 is 1.81 bits per heavy atom. The van der Waals surface area contributed by atoms with Gasteiger partial charge in [0, 0.05) is 16.6 Å². The zero-order chi connectivity index (χ0) is 15.1. The van der Waals surface area contributed by atoms with Crippen LogP contribution in [0, 0.1) is 27.7 Å². The molecule has 0 unspecified atom stereocenters. The number of nitrogens with zero attached hydrogens (tertiary/aromatic N) is 2. The number of hydrogen-bond acceptors (Lipinski definition) is 5. The molecule has 0 spiro atoms. The van der Waals surface area contributed by atoms with Crippen LogP contribution in [-0.4, -0.2) is 9.97 Å². The molecular weight excluding hydrogens is 282 g/mol. The maximum Gasteiger partial charge on any atom is 0.231 e. The molecule has 21 heavy (non-hydrogen) atoms. The molecule has 0 radical (unpaired) electrons. The Kier molecular flexibility index (Phi) is 3.29. The van der Waals surface area contributed by atoms with E-state index >= 15 is 0 Å². The molecule has 0 aliphatic heterocycles. The van der Waals surface area contributed by atoms with Crippen molar-refractivity contribution >= 4 is 27.2 Å². The number of aryl methyl sites for hydroxylation is 4. The third-order valence-corrected chi connectivity index (χ3v) is 4.82. The van der Waals surface area contributed by atoms with Gasteiger partial charge in [0.15, 0.2) is 0 Å². The number of thiophene rings is 1. The molecular formula is C16H17N3OS. The molecule has 0 aliphatic rings. The molecule has 2 heterocycles. The summed E-state index contributed by atoms with van der Waals surface area (Å²) < 4.78 is 6.03. The van der Waals surface area contributed by atoms with Gasteiger partial charge in [-0.05, 0) is 44.4 Å². The molecule has 4 nitrogen and oxygen atoms in total. The minimum atomic E-state index is 0.591. The van der Waals surface area contributed by atoms with Crippen LogP contribution in [0.3, 0.4) is 0 Å². The van der Waals surface area contributed by atoms with Gasteiger partial charge in [0.25, 0.3) is 0 Å². The van der Waals surface area contributed by atoms with Gasteiger partial charge in [0.05, 0.1) is 5.39 Å². The first-order valence-corrected chi connectivity index (χ1v) is 7.54. The van der Waals surface area contributed by atoms with Crippen LogP contribution in [0.25, 0.3) is 10.2 Å². The van der Waals surface area contributed by atoms with Gasteiger partial charge in [-0.15, -0.1) is 11.3 Å². The van der Waals surface area contributed by atoms with E-state index in [4.69, 9.17) is 10.5 Å². The quantitative estimate of drug-likeness (QED) is 0.717. The molecule has 2 aromatic heterocycles. The fourth-order valence-electron chi connectivity index (χ4n) is 2.29. The monoisotopic (exact) mass is 299 g/mol. The predicted octanol–water partition coefficient (Wildman–Crippen LogP) is 4.30. The van der Waals surface area contributed by atoms with E-state index in [2.05, 4.69) is 23.8 Å². The van der Waals surface area contributed by atoms with Crippen molar-refractivity contribution in [2.45, 2.75) is 27.7 Å².